The van der Waals surface area contributed by atoms with E-state index in [2.05, 4.69) is 15.0 Å². The molecule has 0 aliphatic carbocycles. The molecule has 1 amide bonds. The first-order chi connectivity index (χ1) is 22.1. The van der Waals surface area contributed by atoms with Crippen LogP contribution in [-0.4, -0.2) is 53.8 Å². The minimum atomic E-state index is -5.00. The highest BCUT2D eigenvalue weighted by molar-refractivity contribution is 6.06. The fourth-order valence-electron chi connectivity index (χ4n) is 4.75. The van der Waals surface area contributed by atoms with E-state index in [0.717, 1.165) is 61.3 Å². The molecule has 5 rings (SSSR count). The Bertz CT molecular complexity index is 1850. The van der Waals surface area contributed by atoms with E-state index in [-0.39, 0.29) is 29.4 Å². The van der Waals surface area contributed by atoms with E-state index in [1.807, 2.05) is 0 Å². The topological polar surface area (TPSA) is 106 Å². The number of amides is 1. The van der Waals surface area contributed by atoms with E-state index in [1.54, 1.807) is 6.92 Å². The molecule has 4 aromatic rings. The highest BCUT2D eigenvalue weighted by atomic mass is 19.4. The van der Waals surface area contributed by atoms with E-state index in [1.165, 1.54) is 0 Å². The van der Waals surface area contributed by atoms with Crippen molar-refractivity contribution in [3.8, 4) is 34.3 Å². The van der Waals surface area contributed by atoms with E-state index in [0.29, 0.717) is 24.0 Å². The molecule has 0 unspecified atom stereocenters. The van der Waals surface area contributed by atoms with Crippen LogP contribution in [0.4, 0.5) is 36.4 Å². The van der Waals surface area contributed by atoms with E-state index in [9.17, 15) is 31.5 Å². The van der Waals surface area contributed by atoms with Gasteiger partial charge in [0.1, 0.15) is 40.3 Å². The van der Waals surface area contributed by atoms with Gasteiger partial charge in [-0.25, -0.2) is 13.8 Å². The van der Waals surface area contributed by atoms with Crippen molar-refractivity contribution in [1.82, 2.24) is 14.3 Å². The van der Waals surface area contributed by atoms with Crippen LogP contribution in [-0.2, 0) is 18.0 Å². The fourth-order valence-corrected chi connectivity index (χ4v) is 4.75. The van der Waals surface area contributed by atoms with E-state index < -0.39 is 69.8 Å². The lowest BCUT2D eigenvalue weighted by Crippen LogP contribution is -2.44. The standard InChI is InChI=1S/C30H25F7N4O6/c1-29(12-45-13-29)14-46-18-10-21(30(35,36)37)38-22(11-18)41-27(43)24(39-26(42)15-4-6-16(7-5-15)47-28(33)34)25(40(41)2)23-19(31)8-17(44-3)9-20(23)32/h4-11,28H,12-14H2,1-3H3,(H,39,42). The summed E-state index contributed by atoms with van der Waals surface area (Å²) >= 11 is 0. The summed E-state index contributed by atoms with van der Waals surface area (Å²) < 4.78 is 119. The van der Waals surface area contributed by atoms with Crippen molar-refractivity contribution in [1.29, 1.82) is 0 Å². The summed E-state index contributed by atoms with van der Waals surface area (Å²) in [6.07, 6.45) is -5.00. The Labute approximate surface area is 261 Å². The van der Waals surface area contributed by atoms with Crippen molar-refractivity contribution in [3.05, 3.63) is 81.8 Å². The maximum absolute atomic E-state index is 15.4. The van der Waals surface area contributed by atoms with E-state index >= 15 is 8.78 Å². The van der Waals surface area contributed by atoms with Crippen molar-refractivity contribution in [2.45, 2.75) is 19.7 Å². The number of aromatic nitrogens is 3. The summed E-state index contributed by atoms with van der Waals surface area (Å²) in [7, 11) is 2.27. The second-order valence-electron chi connectivity index (χ2n) is 10.8. The molecule has 1 aliphatic heterocycles. The number of nitrogens with one attached hydrogen (secondary N) is 1. The molecule has 250 valence electrons. The summed E-state index contributed by atoms with van der Waals surface area (Å²) in [5.74, 6) is -4.99. The van der Waals surface area contributed by atoms with Gasteiger partial charge in [0, 0.05) is 42.3 Å². The summed E-state index contributed by atoms with van der Waals surface area (Å²) in [4.78, 5) is 30.7. The molecule has 47 heavy (non-hydrogen) atoms. The van der Waals surface area contributed by atoms with Gasteiger partial charge in [0.25, 0.3) is 11.5 Å². The van der Waals surface area contributed by atoms with Crippen LogP contribution >= 0.6 is 0 Å². The number of halogens is 7. The number of pyridine rings is 1. The number of nitrogens with zero attached hydrogens (tertiary/aromatic N) is 3. The number of ether oxygens (including phenoxy) is 4. The molecule has 1 saturated heterocycles. The molecule has 10 nitrogen and oxygen atoms in total. The third-order valence-electron chi connectivity index (χ3n) is 7.12. The zero-order chi connectivity index (χ0) is 34.3. The maximum atomic E-state index is 15.4. The molecule has 3 heterocycles. The lowest BCUT2D eigenvalue weighted by atomic mass is 9.90. The molecule has 2 aromatic heterocycles. The minimum Gasteiger partial charge on any atom is -0.497 e. The molecular weight excluding hydrogens is 645 g/mol. The predicted octanol–water partition coefficient (Wildman–Crippen LogP) is 5.81. The number of hydrogen-bond donors (Lipinski definition) is 1. The van der Waals surface area contributed by atoms with Crippen LogP contribution in [0.1, 0.15) is 23.0 Å². The van der Waals surface area contributed by atoms with Crippen molar-refractivity contribution in [2.75, 3.05) is 32.2 Å². The second-order valence-corrected chi connectivity index (χ2v) is 10.8. The second kappa shape index (κ2) is 12.6. The van der Waals surface area contributed by atoms with Crippen LogP contribution < -0.4 is 25.1 Å². The average molecular weight is 671 g/mol. The van der Waals surface area contributed by atoms with Gasteiger partial charge in [-0.3, -0.25) is 14.3 Å². The van der Waals surface area contributed by atoms with Crippen molar-refractivity contribution >= 4 is 11.6 Å². The Morgan fingerprint density at radius 1 is 1.04 bits per heavy atom. The lowest BCUT2D eigenvalue weighted by Gasteiger charge is -2.37. The van der Waals surface area contributed by atoms with Gasteiger partial charge in [-0.15, -0.1) is 0 Å². The number of anilines is 1. The Kier molecular flexibility index (Phi) is 8.94. The van der Waals surface area contributed by atoms with Gasteiger partial charge >= 0.3 is 12.8 Å². The summed E-state index contributed by atoms with van der Waals surface area (Å²) in [5, 5.41) is 2.25. The summed E-state index contributed by atoms with van der Waals surface area (Å²) in [6.45, 7) is -0.765. The molecule has 1 N–H and O–H groups in total. The first-order valence-corrected chi connectivity index (χ1v) is 13.6. The van der Waals surface area contributed by atoms with Crippen LogP contribution in [0.15, 0.2) is 53.3 Å². The molecule has 0 atom stereocenters. The largest absolute Gasteiger partial charge is 0.497 e. The Morgan fingerprint density at radius 2 is 1.68 bits per heavy atom. The highest BCUT2D eigenvalue weighted by Crippen LogP contribution is 2.36. The summed E-state index contributed by atoms with van der Waals surface area (Å²) in [6, 6.07) is 7.49. The van der Waals surface area contributed by atoms with E-state index in [4.69, 9.17) is 14.2 Å². The quantitative estimate of drug-likeness (QED) is 0.212. The predicted molar refractivity (Wildman–Crippen MR) is 151 cm³/mol. The number of rotatable bonds is 10. The first kappa shape index (κ1) is 33.3. The summed E-state index contributed by atoms with van der Waals surface area (Å²) in [5.41, 5.74) is -5.48. The van der Waals surface area contributed by atoms with Crippen LogP contribution in [0.3, 0.4) is 0 Å². The van der Waals surface area contributed by atoms with Crippen molar-refractivity contribution in [3.63, 3.8) is 0 Å². The molecule has 1 aliphatic rings. The molecular formula is C30H25F7N4O6. The Balaban J connectivity index is 1.66. The van der Waals surface area contributed by atoms with Gasteiger partial charge in [-0.1, -0.05) is 6.92 Å². The SMILES string of the molecule is COc1cc(F)c(-c2c(NC(=O)c3ccc(OC(F)F)cc3)c(=O)n(-c3cc(OCC4(C)COC4)cc(C(F)(F)F)n3)n2C)c(F)c1. The normalized spacial score (nSPS) is 14.1. The molecule has 0 bridgehead atoms. The number of methoxy groups -OCH3 is 1. The highest BCUT2D eigenvalue weighted by Gasteiger charge is 2.37. The molecule has 0 saturated carbocycles. The Morgan fingerprint density at radius 3 is 2.21 bits per heavy atom. The van der Waals surface area contributed by atoms with Gasteiger partial charge in [0.15, 0.2) is 11.5 Å². The number of benzene rings is 2. The van der Waals surface area contributed by atoms with Crippen molar-refractivity contribution in [2.24, 2.45) is 12.5 Å². The number of carbonyl (C=O) groups is 1. The molecule has 0 radical (unpaired) electrons. The van der Waals surface area contributed by atoms with Gasteiger partial charge in [-0.2, -0.15) is 26.6 Å². The van der Waals surface area contributed by atoms with Crippen LogP contribution in [0, 0.1) is 17.0 Å². The molecule has 0 spiro atoms. The number of hydrogen-bond acceptors (Lipinski definition) is 7. The molecule has 2 aromatic carbocycles. The third kappa shape index (κ3) is 6.89. The zero-order valence-corrected chi connectivity index (χ0v) is 24.8. The molecule has 17 heteroatoms. The molecule has 1 fully saturated rings. The number of carbonyl (C=O) groups excluding carboxylic acids is 1. The monoisotopic (exact) mass is 670 g/mol. The van der Waals surface area contributed by atoms with Crippen LogP contribution in [0.25, 0.3) is 17.1 Å². The lowest BCUT2D eigenvalue weighted by molar-refractivity contribution is -0.141. The average Bonchev–Trinajstić information content (AvgIpc) is 3.22. The van der Waals surface area contributed by atoms with Gasteiger partial charge < -0.3 is 24.3 Å². The van der Waals surface area contributed by atoms with Crippen LogP contribution in [0.2, 0.25) is 0 Å². The fraction of sp³-hybridized carbons (Fsp3) is 0.300. The Hall–Kier alpha value is -5.06. The van der Waals surface area contributed by atoms with Gasteiger partial charge in [0.2, 0.25) is 0 Å². The minimum absolute atomic E-state index is 0.0360. The van der Waals surface area contributed by atoms with Crippen molar-refractivity contribution < 1.29 is 54.5 Å². The third-order valence-corrected chi connectivity index (χ3v) is 7.12. The van der Waals surface area contributed by atoms with Gasteiger partial charge in [0.05, 0.1) is 32.5 Å². The first-order valence-electron chi connectivity index (χ1n) is 13.6. The maximum Gasteiger partial charge on any atom is 0.433 e. The van der Waals surface area contributed by atoms with Crippen LogP contribution in [0.5, 0.6) is 17.2 Å². The smallest absolute Gasteiger partial charge is 0.433 e. The van der Waals surface area contributed by atoms with Gasteiger partial charge in [-0.05, 0) is 24.3 Å². The number of alkyl halides is 5. The zero-order valence-electron chi connectivity index (χ0n) is 24.8.